The minimum atomic E-state index is -3.67. The highest BCUT2D eigenvalue weighted by atomic mass is 32.2. The topological polar surface area (TPSA) is 131 Å². The van der Waals surface area contributed by atoms with E-state index in [9.17, 15) is 22.9 Å². The quantitative estimate of drug-likeness (QED) is 0.304. The van der Waals surface area contributed by atoms with E-state index >= 15 is 0 Å². The number of benzene rings is 2. The van der Waals surface area contributed by atoms with Gasteiger partial charge in [-0.2, -0.15) is 14.6 Å². The highest BCUT2D eigenvalue weighted by Crippen LogP contribution is 2.30. The zero-order valence-electron chi connectivity index (χ0n) is 19.7. The summed E-state index contributed by atoms with van der Waals surface area (Å²) in [6.45, 7) is 3.50. The Morgan fingerprint density at radius 1 is 1.25 bits per heavy atom. The van der Waals surface area contributed by atoms with Gasteiger partial charge in [-0.15, -0.1) is 0 Å². The molecule has 0 fully saturated rings. The predicted molar refractivity (Wildman–Crippen MR) is 133 cm³/mol. The maximum atomic E-state index is 13.8. The van der Waals surface area contributed by atoms with Gasteiger partial charge in [0.1, 0.15) is 24.1 Å². The third-order valence-corrected chi connectivity index (χ3v) is 7.25. The fourth-order valence-corrected chi connectivity index (χ4v) is 5.40. The van der Waals surface area contributed by atoms with E-state index in [-0.39, 0.29) is 40.0 Å². The molecule has 0 aliphatic heterocycles. The number of carbonyl (C=O) groups excluding carboxylic acids is 1. The van der Waals surface area contributed by atoms with E-state index in [1.807, 2.05) is 6.07 Å². The Bertz CT molecular complexity index is 1430. The molecule has 0 unspecified atom stereocenters. The normalized spacial score (nSPS) is 11.7. The molecule has 0 aliphatic rings. The lowest BCUT2D eigenvalue weighted by Gasteiger charge is -2.12. The number of anilines is 1. The van der Waals surface area contributed by atoms with Crippen LogP contribution in [0.15, 0.2) is 53.2 Å². The molecule has 1 aromatic heterocycles. The Hall–Kier alpha value is -3.82. The Morgan fingerprint density at radius 3 is 2.67 bits per heavy atom. The van der Waals surface area contributed by atoms with Gasteiger partial charge in [0.25, 0.3) is 11.1 Å². The third-order valence-electron chi connectivity index (χ3n) is 4.66. The van der Waals surface area contributed by atoms with E-state index in [1.54, 1.807) is 50.2 Å². The summed E-state index contributed by atoms with van der Waals surface area (Å²) in [5.41, 5.74) is 0.594. The summed E-state index contributed by atoms with van der Waals surface area (Å²) in [5, 5.41) is 11.5. The van der Waals surface area contributed by atoms with Gasteiger partial charge in [0.05, 0.1) is 12.9 Å². The van der Waals surface area contributed by atoms with Crippen molar-refractivity contribution in [2.24, 2.45) is 5.92 Å². The van der Waals surface area contributed by atoms with Crippen molar-refractivity contribution >= 4 is 38.5 Å². The lowest BCUT2D eigenvalue weighted by Crippen LogP contribution is -2.15. The maximum Gasteiger partial charge on any atom is 0.268 e. The summed E-state index contributed by atoms with van der Waals surface area (Å²) < 4.78 is 53.2. The first-order chi connectivity index (χ1) is 17.1. The number of hydrogen-bond donors (Lipinski definition) is 1. The predicted octanol–water partition coefficient (Wildman–Crippen LogP) is 4.24. The number of nitriles is 1. The van der Waals surface area contributed by atoms with E-state index in [0.29, 0.717) is 34.2 Å². The lowest BCUT2D eigenvalue weighted by atomic mass is 10.1. The Labute approximate surface area is 212 Å². The van der Waals surface area contributed by atoms with Gasteiger partial charge in [-0.25, -0.2) is 12.8 Å². The number of rotatable bonds is 10. The van der Waals surface area contributed by atoms with E-state index in [2.05, 4.69) is 14.7 Å². The van der Waals surface area contributed by atoms with Crippen LogP contribution in [-0.4, -0.2) is 36.5 Å². The molecular formula is C24H23FN4O5S2. The smallest absolute Gasteiger partial charge is 0.268 e. The average Bonchev–Trinajstić information content (AvgIpc) is 3.31. The van der Waals surface area contributed by atoms with Crippen molar-refractivity contribution in [3.8, 4) is 17.6 Å². The summed E-state index contributed by atoms with van der Waals surface area (Å²) in [4.78, 5) is 16.5. The number of methoxy groups -OCH3 is 1. The van der Waals surface area contributed by atoms with Crippen LogP contribution in [0.5, 0.6) is 11.5 Å². The van der Waals surface area contributed by atoms with E-state index < -0.39 is 15.7 Å². The molecule has 0 radical (unpaired) electrons. The Kier molecular flexibility index (Phi) is 8.73. The minimum Gasteiger partial charge on any atom is -0.493 e. The maximum absolute atomic E-state index is 13.8. The van der Waals surface area contributed by atoms with Gasteiger partial charge >= 0.3 is 0 Å². The van der Waals surface area contributed by atoms with Crippen LogP contribution >= 0.6 is 11.5 Å². The first-order valence-corrected chi connectivity index (χ1v) is 13.1. The van der Waals surface area contributed by atoms with Crippen molar-refractivity contribution in [1.82, 2.24) is 9.36 Å². The summed E-state index contributed by atoms with van der Waals surface area (Å²) in [6, 6.07) is 12.8. The third kappa shape index (κ3) is 6.87. The van der Waals surface area contributed by atoms with Crippen LogP contribution in [0.3, 0.4) is 0 Å². The molecule has 0 spiro atoms. The fraction of sp³-hybridized carbons (Fsp3) is 0.250. The number of amides is 1. The molecule has 2 aromatic carbocycles. The summed E-state index contributed by atoms with van der Waals surface area (Å²) in [5.74, 6) is -0.728. The standard InChI is InChI=1S/C24H23FN4O5S2/c1-15(2)14-36(31,32)24-28-23(35-29-24)27-22(30)18(12-26)10-16-8-9-20(21(11-16)33-3)34-13-17-6-4-5-7-19(17)25/h4-11,15H,13-14H2,1-3H3,(H,27,28,29,30)/b18-10-. The SMILES string of the molecule is COc1cc(/C=C(/C#N)C(=O)Nc2nc(S(=O)(=O)CC(C)C)ns2)ccc1OCc1ccccc1F. The summed E-state index contributed by atoms with van der Waals surface area (Å²) in [7, 11) is -2.25. The minimum absolute atomic E-state index is 0.0131. The second-order valence-corrected chi connectivity index (χ2v) is 10.7. The van der Waals surface area contributed by atoms with Crippen LogP contribution in [0.4, 0.5) is 9.52 Å². The molecule has 0 aliphatic carbocycles. The number of aromatic nitrogens is 2. The van der Waals surface area contributed by atoms with Crippen molar-refractivity contribution < 1.29 is 27.1 Å². The highest BCUT2D eigenvalue weighted by molar-refractivity contribution is 7.91. The monoisotopic (exact) mass is 530 g/mol. The zero-order chi connectivity index (χ0) is 26.3. The largest absolute Gasteiger partial charge is 0.493 e. The first kappa shape index (κ1) is 26.8. The lowest BCUT2D eigenvalue weighted by molar-refractivity contribution is -0.112. The zero-order valence-corrected chi connectivity index (χ0v) is 21.3. The number of carbonyl (C=O) groups is 1. The van der Waals surface area contributed by atoms with Crippen LogP contribution in [0.2, 0.25) is 0 Å². The van der Waals surface area contributed by atoms with Crippen molar-refractivity contribution in [3.05, 3.63) is 65.0 Å². The first-order valence-electron chi connectivity index (χ1n) is 10.7. The number of hydrogen-bond acceptors (Lipinski definition) is 9. The molecule has 12 heteroatoms. The van der Waals surface area contributed by atoms with E-state index in [1.165, 1.54) is 19.3 Å². The highest BCUT2D eigenvalue weighted by Gasteiger charge is 2.23. The molecule has 188 valence electrons. The molecule has 0 atom stereocenters. The molecule has 0 saturated heterocycles. The molecule has 0 bridgehead atoms. The molecule has 0 saturated carbocycles. The second kappa shape index (κ2) is 11.7. The van der Waals surface area contributed by atoms with Crippen molar-refractivity contribution in [2.75, 3.05) is 18.2 Å². The van der Waals surface area contributed by atoms with Gasteiger partial charge in [-0.3, -0.25) is 10.1 Å². The molecule has 1 N–H and O–H groups in total. The molecule has 9 nitrogen and oxygen atoms in total. The van der Waals surface area contributed by atoms with Gasteiger partial charge in [0.2, 0.25) is 15.0 Å². The number of nitrogens with zero attached hydrogens (tertiary/aromatic N) is 3. The summed E-state index contributed by atoms with van der Waals surface area (Å²) in [6.07, 6.45) is 1.33. The number of nitrogens with one attached hydrogen (secondary N) is 1. The Morgan fingerprint density at radius 2 is 2.00 bits per heavy atom. The van der Waals surface area contributed by atoms with Gasteiger partial charge in [0, 0.05) is 17.1 Å². The number of halogens is 1. The number of ether oxygens (including phenoxy) is 2. The van der Waals surface area contributed by atoms with Crippen LogP contribution in [0.1, 0.15) is 25.0 Å². The van der Waals surface area contributed by atoms with Gasteiger partial charge < -0.3 is 9.47 Å². The Balaban J connectivity index is 1.74. The van der Waals surface area contributed by atoms with Crippen molar-refractivity contribution in [3.63, 3.8) is 0 Å². The molecule has 3 aromatic rings. The van der Waals surface area contributed by atoms with Crippen molar-refractivity contribution in [2.45, 2.75) is 25.6 Å². The van der Waals surface area contributed by atoms with Gasteiger partial charge in [-0.05, 0) is 35.8 Å². The summed E-state index contributed by atoms with van der Waals surface area (Å²) >= 11 is 0.707. The number of sulfone groups is 1. The van der Waals surface area contributed by atoms with Crippen LogP contribution in [0, 0.1) is 23.1 Å². The fourth-order valence-electron chi connectivity index (χ4n) is 3.04. The van der Waals surface area contributed by atoms with Crippen LogP contribution in [0.25, 0.3) is 6.08 Å². The van der Waals surface area contributed by atoms with Gasteiger partial charge in [0.15, 0.2) is 11.5 Å². The van der Waals surface area contributed by atoms with E-state index in [4.69, 9.17) is 9.47 Å². The van der Waals surface area contributed by atoms with Crippen LogP contribution < -0.4 is 14.8 Å². The molecule has 1 heterocycles. The molecule has 3 rings (SSSR count). The van der Waals surface area contributed by atoms with Crippen LogP contribution in [-0.2, 0) is 21.2 Å². The van der Waals surface area contributed by atoms with E-state index in [0.717, 1.165) is 0 Å². The molecular weight excluding hydrogens is 507 g/mol. The second-order valence-electron chi connectivity index (χ2n) is 7.97. The molecule has 36 heavy (non-hydrogen) atoms. The molecule has 1 amide bonds. The van der Waals surface area contributed by atoms with Crippen molar-refractivity contribution in [1.29, 1.82) is 5.26 Å². The van der Waals surface area contributed by atoms with Gasteiger partial charge in [-0.1, -0.05) is 38.1 Å². The average molecular weight is 531 g/mol.